The van der Waals surface area contributed by atoms with E-state index in [0.717, 1.165) is 43.2 Å². The van der Waals surface area contributed by atoms with Gasteiger partial charge in [0.2, 0.25) is 5.13 Å². The average Bonchev–Trinajstić information content (AvgIpc) is 2.88. The second kappa shape index (κ2) is 6.84. The summed E-state index contributed by atoms with van der Waals surface area (Å²) in [4.78, 5) is 18.5. The van der Waals surface area contributed by atoms with E-state index in [1.807, 2.05) is 6.92 Å². The largest absolute Gasteiger partial charge is 0.466 e. The predicted octanol–water partition coefficient (Wildman–Crippen LogP) is 2.27. The Hall–Kier alpha value is -1.17. The van der Waals surface area contributed by atoms with E-state index in [4.69, 9.17) is 4.74 Å². The van der Waals surface area contributed by atoms with Gasteiger partial charge in [-0.05, 0) is 26.2 Å². The van der Waals surface area contributed by atoms with Crippen molar-refractivity contribution in [2.45, 2.75) is 39.5 Å². The van der Waals surface area contributed by atoms with Crippen LogP contribution in [0.2, 0.25) is 0 Å². The van der Waals surface area contributed by atoms with Crippen molar-refractivity contribution < 1.29 is 9.53 Å². The number of aromatic nitrogens is 2. The second-order valence-corrected chi connectivity index (χ2v) is 5.51. The van der Waals surface area contributed by atoms with E-state index in [0.29, 0.717) is 13.2 Å². The number of esters is 1. The fourth-order valence-corrected chi connectivity index (χ4v) is 3.05. The number of rotatable bonds is 5. The van der Waals surface area contributed by atoms with Crippen LogP contribution in [0.5, 0.6) is 0 Å². The van der Waals surface area contributed by atoms with Gasteiger partial charge in [-0.1, -0.05) is 6.92 Å². The molecule has 1 aromatic rings. The summed E-state index contributed by atoms with van der Waals surface area (Å²) >= 11 is 1.44. The molecule has 0 aliphatic carbocycles. The molecule has 0 amide bonds. The van der Waals surface area contributed by atoms with Crippen LogP contribution in [0.1, 0.15) is 38.9 Å². The Morgan fingerprint density at radius 3 is 3.11 bits per heavy atom. The van der Waals surface area contributed by atoms with Gasteiger partial charge in [0, 0.05) is 31.0 Å². The number of hydrogen-bond donors (Lipinski definition) is 0. The molecule has 1 atom stereocenters. The molecule has 0 saturated carbocycles. The summed E-state index contributed by atoms with van der Waals surface area (Å²) in [5.74, 6) is 0.818. The van der Waals surface area contributed by atoms with Crippen LogP contribution in [0.25, 0.3) is 0 Å². The first kappa shape index (κ1) is 14.2. The monoisotopic (exact) mass is 283 g/mol. The van der Waals surface area contributed by atoms with Crippen molar-refractivity contribution in [2.24, 2.45) is 5.92 Å². The van der Waals surface area contributed by atoms with Crippen molar-refractivity contribution in [2.75, 3.05) is 24.6 Å². The normalized spacial score (nSPS) is 19.5. The Bertz CT molecular complexity index is 422. The molecule has 0 aromatic carbocycles. The quantitative estimate of drug-likeness (QED) is 0.776. The number of carbonyl (C=O) groups excluding carboxylic acids is 1. The third kappa shape index (κ3) is 3.65. The highest BCUT2D eigenvalue weighted by Crippen LogP contribution is 2.25. The average molecular weight is 283 g/mol. The minimum Gasteiger partial charge on any atom is -0.466 e. The molecule has 0 bridgehead atoms. The number of nitrogens with zero attached hydrogens (tertiary/aromatic N) is 3. The fourth-order valence-electron chi connectivity index (χ4n) is 2.30. The molecule has 1 aliphatic heterocycles. The van der Waals surface area contributed by atoms with Crippen molar-refractivity contribution in [3.63, 3.8) is 0 Å². The van der Waals surface area contributed by atoms with Crippen LogP contribution in [0.3, 0.4) is 0 Å². The van der Waals surface area contributed by atoms with Gasteiger partial charge in [0.1, 0.15) is 5.82 Å². The lowest BCUT2D eigenvalue weighted by Crippen LogP contribution is -2.39. The summed E-state index contributed by atoms with van der Waals surface area (Å²) in [6.07, 6.45) is 3.90. The summed E-state index contributed by atoms with van der Waals surface area (Å²) in [5.41, 5.74) is 0. The third-order valence-electron chi connectivity index (χ3n) is 3.24. The Morgan fingerprint density at radius 1 is 1.53 bits per heavy atom. The van der Waals surface area contributed by atoms with Crippen molar-refractivity contribution in [1.29, 1.82) is 0 Å². The Kier molecular flexibility index (Phi) is 5.13. The van der Waals surface area contributed by atoms with E-state index in [9.17, 15) is 4.79 Å². The minimum absolute atomic E-state index is 0.0211. The zero-order valence-corrected chi connectivity index (χ0v) is 12.4. The molecule has 19 heavy (non-hydrogen) atoms. The topological polar surface area (TPSA) is 55.3 Å². The van der Waals surface area contributed by atoms with E-state index in [-0.39, 0.29) is 11.9 Å². The van der Waals surface area contributed by atoms with E-state index < -0.39 is 0 Å². The number of ether oxygens (including phenoxy) is 1. The third-order valence-corrected chi connectivity index (χ3v) is 4.06. The molecule has 0 radical (unpaired) electrons. The molecule has 2 rings (SSSR count). The van der Waals surface area contributed by atoms with Gasteiger partial charge in [0.25, 0.3) is 0 Å². The Labute approximate surface area is 118 Å². The van der Waals surface area contributed by atoms with Gasteiger partial charge < -0.3 is 9.64 Å². The number of hydrogen-bond acceptors (Lipinski definition) is 6. The molecule has 0 spiro atoms. The standard InChI is InChI=1S/C13H21N3O2S/c1-3-6-11-14-13(19-15-11)16-8-5-7-10(9-16)12(17)18-4-2/h10H,3-9H2,1-2H3. The number of piperidine rings is 1. The first-order valence-electron chi connectivity index (χ1n) is 6.98. The molecule has 1 unspecified atom stereocenters. The molecule has 5 nitrogen and oxygen atoms in total. The van der Waals surface area contributed by atoms with Crippen LogP contribution in [0.15, 0.2) is 0 Å². The van der Waals surface area contributed by atoms with Crippen LogP contribution < -0.4 is 4.90 Å². The summed E-state index contributed by atoms with van der Waals surface area (Å²) < 4.78 is 9.47. The molecule has 1 aromatic heterocycles. The summed E-state index contributed by atoms with van der Waals surface area (Å²) in [5, 5.41) is 0.942. The Balaban J connectivity index is 1.97. The maximum absolute atomic E-state index is 11.8. The van der Waals surface area contributed by atoms with Crippen LogP contribution in [0, 0.1) is 5.92 Å². The zero-order valence-electron chi connectivity index (χ0n) is 11.6. The zero-order chi connectivity index (χ0) is 13.7. The van der Waals surface area contributed by atoms with Gasteiger partial charge in [-0.3, -0.25) is 4.79 Å². The Morgan fingerprint density at radius 2 is 2.37 bits per heavy atom. The van der Waals surface area contributed by atoms with Crippen LogP contribution in [-0.2, 0) is 16.0 Å². The van der Waals surface area contributed by atoms with Crippen molar-refractivity contribution in [3.05, 3.63) is 5.82 Å². The predicted molar refractivity (Wildman–Crippen MR) is 75.5 cm³/mol. The van der Waals surface area contributed by atoms with Gasteiger partial charge >= 0.3 is 5.97 Å². The molecule has 106 valence electrons. The molecule has 2 heterocycles. The van der Waals surface area contributed by atoms with Gasteiger partial charge in [0.15, 0.2) is 0 Å². The molecular formula is C13H21N3O2S. The lowest BCUT2D eigenvalue weighted by Gasteiger charge is -2.30. The summed E-state index contributed by atoms with van der Waals surface area (Å²) in [7, 11) is 0. The number of carbonyl (C=O) groups is 1. The van der Waals surface area contributed by atoms with Gasteiger partial charge in [0.05, 0.1) is 12.5 Å². The summed E-state index contributed by atoms with van der Waals surface area (Å²) in [6.45, 7) is 6.09. The van der Waals surface area contributed by atoms with E-state index in [1.54, 1.807) is 0 Å². The van der Waals surface area contributed by atoms with Crippen LogP contribution in [0.4, 0.5) is 5.13 Å². The first-order chi connectivity index (χ1) is 9.24. The highest BCUT2D eigenvalue weighted by Gasteiger charge is 2.28. The van der Waals surface area contributed by atoms with E-state index >= 15 is 0 Å². The maximum Gasteiger partial charge on any atom is 0.310 e. The van der Waals surface area contributed by atoms with E-state index in [1.165, 1.54) is 11.5 Å². The van der Waals surface area contributed by atoms with Gasteiger partial charge in [-0.25, -0.2) is 4.98 Å². The lowest BCUT2D eigenvalue weighted by atomic mass is 9.99. The first-order valence-corrected chi connectivity index (χ1v) is 7.76. The second-order valence-electron chi connectivity index (χ2n) is 4.78. The smallest absolute Gasteiger partial charge is 0.310 e. The van der Waals surface area contributed by atoms with Crippen LogP contribution >= 0.6 is 11.5 Å². The van der Waals surface area contributed by atoms with E-state index in [2.05, 4.69) is 21.2 Å². The highest BCUT2D eigenvalue weighted by molar-refractivity contribution is 7.09. The summed E-state index contributed by atoms with van der Waals surface area (Å²) in [6, 6.07) is 0. The lowest BCUT2D eigenvalue weighted by molar-refractivity contribution is -0.148. The maximum atomic E-state index is 11.8. The molecule has 1 fully saturated rings. The molecular weight excluding hydrogens is 262 g/mol. The SMILES string of the molecule is CCCc1nsc(N2CCCC(C(=O)OCC)C2)n1. The van der Waals surface area contributed by atoms with Crippen LogP contribution in [-0.4, -0.2) is 35.0 Å². The minimum atomic E-state index is -0.0782. The number of anilines is 1. The molecule has 1 aliphatic rings. The molecule has 0 N–H and O–H groups in total. The molecule has 1 saturated heterocycles. The van der Waals surface area contributed by atoms with Gasteiger partial charge in [-0.2, -0.15) is 4.37 Å². The van der Waals surface area contributed by atoms with Crippen molar-refractivity contribution >= 4 is 22.6 Å². The van der Waals surface area contributed by atoms with Gasteiger partial charge in [-0.15, -0.1) is 0 Å². The van der Waals surface area contributed by atoms with Crippen molar-refractivity contribution in [3.8, 4) is 0 Å². The van der Waals surface area contributed by atoms with Crippen molar-refractivity contribution in [1.82, 2.24) is 9.36 Å². The fraction of sp³-hybridized carbons (Fsp3) is 0.769. The highest BCUT2D eigenvalue weighted by atomic mass is 32.1. The number of aryl methyl sites for hydroxylation is 1. The molecule has 6 heteroatoms.